The third-order valence-corrected chi connectivity index (χ3v) is 3.15. The summed E-state index contributed by atoms with van der Waals surface area (Å²) in [5.41, 5.74) is 6.95. The van der Waals surface area contributed by atoms with Crippen LogP contribution in [0.1, 0.15) is 15.9 Å². The van der Waals surface area contributed by atoms with E-state index in [1.165, 1.54) is 12.3 Å². The predicted molar refractivity (Wildman–Crippen MR) is 93.8 cm³/mol. The maximum atomic E-state index is 13.2. The molecule has 1 aromatic carbocycles. The SMILES string of the molecule is Cl.Cl.NCCN(CCc1ccccc1)C(=O)c1cncc(F)c1. The lowest BCUT2D eigenvalue weighted by molar-refractivity contribution is 0.0761. The van der Waals surface area contributed by atoms with Gasteiger partial charge in [0.1, 0.15) is 5.82 Å². The average Bonchev–Trinajstić information content (AvgIpc) is 2.52. The number of hydrogen-bond donors (Lipinski definition) is 1. The van der Waals surface area contributed by atoms with E-state index in [-0.39, 0.29) is 36.3 Å². The lowest BCUT2D eigenvalue weighted by Gasteiger charge is -2.22. The second-order valence-corrected chi connectivity index (χ2v) is 4.71. The number of pyridine rings is 1. The third-order valence-electron chi connectivity index (χ3n) is 3.15. The van der Waals surface area contributed by atoms with Crippen molar-refractivity contribution in [1.29, 1.82) is 0 Å². The summed E-state index contributed by atoms with van der Waals surface area (Å²) in [4.78, 5) is 17.7. The number of hydrogen-bond acceptors (Lipinski definition) is 3. The minimum atomic E-state index is -0.517. The van der Waals surface area contributed by atoms with Gasteiger partial charge in [0.2, 0.25) is 0 Å². The van der Waals surface area contributed by atoms with E-state index in [1.807, 2.05) is 30.3 Å². The zero-order chi connectivity index (χ0) is 15.1. The van der Waals surface area contributed by atoms with Crippen LogP contribution in [0, 0.1) is 5.82 Å². The van der Waals surface area contributed by atoms with E-state index in [1.54, 1.807) is 4.90 Å². The molecule has 0 aliphatic carbocycles. The maximum absolute atomic E-state index is 13.2. The number of halogens is 3. The lowest BCUT2D eigenvalue weighted by atomic mass is 10.1. The number of nitrogens with two attached hydrogens (primary N) is 1. The fourth-order valence-electron chi connectivity index (χ4n) is 2.09. The van der Waals surface area contributed by atoms with Crippen molar-refractivity contribution in [1.82, 2.24) is 9.88 Å². The molecule has 0 saturated heterocycles. The molecule has 1 heterocycles. The Hall–Kier alpha value is -1.69. The topological polar surface area (TPSA) is 59.2 Å². The van der Waals surface area contributed by atoms with Gasteiger partial charge in [0.25, 0.3) is 5.91 Å². The van der Waals surface area contributed by atoms with E-state index < -0.39 is 5.82 Å². The van der Waals surface area contributed by atoms with Crippen LogP contribution >= 0.6 is 24.8 Å². The van der Waals surface area contributed by atoms with E-state index in [2.05, 4.69) is 4.98 Å². The minimum absolute atomic E-state index is 0. The molecule has 23 heavy (non-hydrogen) atoms. The van der Waals surface area contributed by atoms with Crippen molar-refractivity contribution in [3.8, 4) is 0 Å². The van der Waals surface area contributed by atoms with Gasteiger partial charge >= 0.3 is 0 Å². The highest BCUT2D eigenvalue weighted by molar-refractivity contribution is 5.93. The van der Waals surface area contributed by atoms with Crippen molar-refractivity contribution in [3.63, 3.8) is 0 Å². The molecule has 0 aliphatic rings. The summed E-state index contributed by atoms with van der Waals surface area (Å²) >= 11 is 0. The average molecular weight is 360 g/mol. The van der Waals surface area contributed by atoms with Gasteiger partial charge in [0, 0.05) is 25.8 Å². The summed E-state index contributed by atoms with van der Waals surface area (Å²) in [5.74, 6) is -0.764. The van der Waals surface area contributed by atoms with E-state index in [0.29, 0.717) is 19.6 Å². The molecule has 0 bridgehead atoms. The van der Waals surface area contributed by atoms with Crippen LogP contribution in [-0.4, -0.2) is 35.4 Å². The van der Waals surface area contributed by atoms with Gasteiger partial charge in [-0.15, -0.1) is 24.8 Å². The lowest BCUT2D eigenvalue weighted by Crippen LogP contribution is -2.37. The highest BCUT2D eigenvalue weighted by Gasteiger charge is 2.15. The largest absolute Gasteiger partial charge is 0.337 e. The van der Waals surface area contributed by atoms with Gasteiger partial charge in [-0.1, -0.05) is 30.3 Å². The van der Waals surface area contributed by atoms with E-state index in [4.69, 9.17) is 5.73 Å². The van der Waals surface area contributed by atoms with Gasteiger partial charge in [-0.25, -0.2) is 4.39 Å². The van der Waals surface area contributed by atoms with Gasteiger partial charge in [-0.3, -0.25) is 9.78 Å². The van der Waals surface area contributed by atoms with Crippen molar-refractivity contribution in [2.45, 2.75) is 6.42 Å². The third kappa shape index (κ3) is 6.52. The Balaban J connectivity index is 0.00000242. The molecule has 2 N–H and O–H groups in total. The first-order valence-electron chi connectivity index (χ1n) is 6.84. The Morgan fingerprint density at radius 2 is 1.83 bits per heavy atom. The van der Waals surface area contributed by atoms with Crippen LogP contribution in [0.15, 0.2) is 48.8 Å². The van der Waals surface area contributed by atoms with Crippen LogP contribution in [0.2, 0.25) is 0 Å². The fourth-order valence-corrected chi connectivity index (χ4v) is 2.09. The van der Waals surface area contributed by atoms with Crippen LogP contribution in [-0.2, 0) is 6.42 Å². The second kappa shape index (κ2) is 10.9. The first-order valence-corrected chi connectivity index (χ1v) is 6.84. The van der Waals surface area contributed by atoms with Crippen molar-refractivity contribution in [2.24, 2.45) is 5.73 Å². The van der Waals surface area contributed by atoms with Crippen LogP contribution in [0.4, 0.5) is 4.39 Å². The van der Waals surface area contributed by atoms with E-state index in [0.717, 1.165) is 18.2 Å². The van der Waals surface area contributed by atoms with Gasteiger partial charge in [0.15, 0.2) is 0 Å². The summed E-state index contributed by atoms with van der Waals surface area (Å²) in [6, 6.07) is 11.1. The Morgan fingerprint density at radius 1 is 1.13 bits per heavy atom. The molecule has 0 fully saturated rings. The predicted octanol–water partition coefficient (Wildman–Crippen LogP) is 2.71. The Kier molecular flexibility index (Phi) is 10.1. The molecule has 1 amide bonds. The molecule has 2 rings (SSSR count). The molecule has 1 aromatic heterocycles. The van der Waals surface area contributed by atoms with Gasteiger partial charge in [-0.2, -0.15) is 0 Å². The number of benzene rings is 1. The van der Waals surface area contributed by atoms with Crippen molar-refractivity contribution < 1.29 is 9.18 Å². The molecule has 0 atom stereocenters. The number of carbonyl (C=O) groups excluding carboxylic acids is 1. The molecule has 0 spiro atoms. The summed E-state index contributed by atoms with van der Waals surface area (Å²) in [7, 11) is 0. The van der Waals surface area contributed by atoms with Crippen LogP contribution in [0.5, 0.6) is 0 Å². The van der Waals surface area contributed by atoms with Gasteiger partial charge < -0.3 is 10.6 Å². The summed E-state index contributed by atoms with van der Waals surface area (Å²) in [6.07, 6.45) is 3.18. The van der Waals surface area contributed by atoms with Crippen LogP contribution in [0.3, 0.4) is 0 Å². The molecule has 126 valence electrons. The van der Waals surface area contributed by atoms with Crippen molar-refractivity contribution >= 4 is 30.7 Å². The molecule has 4 nitrogen and oxygen atoms in total. The highest BCUT2D eigenvalue weighted by atomic mass is 35.5. The molecule has 7 heteroatoms. The standard InChI is InChI=1S/C16H18FN3O.2ClH/c17-15-10-14(11-19-12-15)16(21)20(9-7-18)8-6-13-4-2-1-3-5-13;;/h1-5,10-12H,6-9,18H2;2*1H. The number of carbonyl (C=O) groups is 1. The Bertz CT molecular complexity index is 599. The molecular formula is C16H20Cl2FN3O. The molecule has 0 radical (unpaired) electrons. The zero-order valence-electron chi connectivity index (χ0n) is 12.5. The number of nitrogens with zero attached hydrogens (tertiary/aromatic N) is 2. The number of amides is 1. The quantitative estimate of drug-likeness (QED) is 0.862. The normalized spacial score (nSPS) is 9.48. The smallest absolute Gasteiger partial charge is 0.255 e. The minimum Gasteiger partial charge on any atom is -0.337 e. The summed E-state index contributed by atoms with van der Waals surface area (Å²) < 4.78 is 13.2. The Labute approximate surface area is 147 Å². The first kappa shape index (κ1) is 21.3. The van der Waals surface area contributed by atoms with Gasteiger partial charge in [0.05, 0.1) is 11.8 Å². The molecule has 0 unspecified atom stereocenters. The molecule has 2 aromatic rings. The van der Waals surface area contributed by atoms with E-state index in [9.17, 15) is 9.18 Å². The maximum Gasteiger partial charge on any atom is 0.255 e. The molecular weight excluding hydrogens is 340 g/mol. The van der Waals surface area contributed by atoms with Crippen molar-refractivity contribution in [3.05, 3.63) is 65.7 Å². The highest BCUT2D eigenvalue weighted by Crippen LogP contribution is 2.08. The fraction of sp³-hybridized carbons (Fsp3) is 0.250. The second-order valence-electron chi connectivity index (χ2n) is 4.71. The summed E-state index contributed by atoms with van der Waals surface area (Å²) in [6.45, 7) is 1.34. The van der Waals surface area contributed by atoms with Crippen LogP contribution in [0.25, 0.3) is 0 Å². The Morgan fingerprint density at radius 3 is 2.43 bits per heavy atom. The number of rotatable bonds is 6. The monoisotopic (exact) mass is 359 g/mol. The van der Waals surface area contributed by atoms with Gasteiger partial charge in [-0.05, 0) is 18.1 Å². The zero-order valence-corrected chi connectivity index (χ0v) is 14.2. The van der Waals surface area contributed by atoms with E-state index >= 15 is 0 Å². The first-order chi connectivity index (χ1) is 10.2. The molecule has 0 aliphatic heterocycles. The van der Waals surface area contributed by atoms with Crippen LogP contribution < -0.4 is 5.73 Å². The summed E-state index contributed by atoms with van der Waals surface area (Å²) in [5, 5.41) is 0. The number of aromatic nitrogens is 1. The van der Waals surface area contributed by atoms with Crippen molar-refractivity contribution in [2.75, 3.05) is 19.6 Å². The molecule has 0 saturated carbocycles.